The first-order valence-electron chi connectivity index (χ1n) is 6.34. The zero-order chi connectivity index (χ0) is 13.7. The van der Waals surface area contributed by atoms with Gasteiger partial charge in [-0.1, -0.05) is 11.6 Å². The number of halogens is 1. The topological polar surface area (TPSA) is 45.5 Å². The summed E-state index contributed by atoms with van der Waals surface area (Å²) in [5, 5.41) is 9.21. The first-order valence-corrected chi connectivity index (χ1v) is 6.72. The molecule has 0 radical (unpaired) electrons. The van der Waals surface area contributed by atoms with Crippen molar-refractivity contribution < 1.29 is 9.47 Å². The first kappa shape index (κ1) is 14.0. The Labute approximate surface area is 118 Å². The van der Waals surface area contributed by atoms with Crippen molar-refractivity contribution in [3.63, 3.8) is 0 Å². The van der Waals surface area contributed by atoms with Crippen LogP contribution in [0.15, 0.2) is 12.1 Å². The third kappa shape index (κ3) is 3.76. The van der Waals surface area contributed by atoms with Gasteiger partial charge in [0.05, 0.1) is 30.9 Å². The molecule has 0 aromatic heterocycles. The van der Waals surface area contributed by atoms with E-state index in [9.17, 15) is 0 Å². The maximum absolute atomic E-state index is 8.62. The van der Waals surface area contributed by atoms with Gasteiger partial charge >= 0.3 is 0 Å². The minimum Gasteiger partial charge on any atom is -0.489 e. The van der Waals surface area contributed by atoms with E-state index in [2.05, 4.69) is 6.07 Å². The molecule has 4 nitrogen and oxygen atoms in total. The SMILES string of the molecule is CN(CC#N)CCc1cc(Cl)c2c(c1)OCCCO2. The standard InChI is InChI=1S/C14H17ClN2O2/c1-17(6-4-16)5-3-11-9-12(15)14-13(10-11)18-7-2-8-19-14/h9-10H,2-3,5-8H2,1H3. The molecule has 0 bridgehead atoms. The Kier molecular flexibility index (Phi) is 4.89. The van der Waals surface area contributed by atoms with Gasteiger partial charge in [-0.25, -0.2) is 0 Å². The van der Waals surface area contributed by atoms with Gasteiger partial charge < -0.3 is 9.47 Å². The molecule has 0 saturated carbocycles. The van der Waals surface area contributed by atoms with Crippen LogP contribution in [0.2, 0.25) is 5.02 Å². The van der Waals surface area contributed by atoms with Crippen LogP contribution in [0.3, 0.4) is 0 Å². The third-order valence-corrected chi connectivity index (χ3v) is 3.27. The third-order valence-electron chi connectivity index (χ3n) is 2.98. The van der Waals surface area contributed by atoms with Gasteiger partial charge in [-0.15, -0.1) is 0 Å². The second-order valence-electron chi connectivity index (χ2n) is 4.60. The van der Waals surface area contributed by atoms with Crippen molar-refractivity contribution in [3.8, 4) is 17.6 Å². The summed E-state index contributed by atoms with van der Waals surface area (Å²) < 4.78 is 11.2. The molecule has 1 aromatic rings. The monoisotopic (exact) mass is 280 g/mol. The summed E-state index contributed by atoms with van der Waals surface area (Å²) in [7, 11) is 1.92. The molecule has 0 unspecified atom stereocenters. The predicted octanol–water partition coefficient (Wildman–Crippen LogP) is 2.50. The highest BCUT2D eigenvalue weighted by Crippen LogP contribution is 2.38. The van der Waals surface area contributed by atoms with Crippen LogP contribution >= 0.6 is 11.6 Å². The second kappa shape index (κ2) is 6.65. The Morgan fingerprint density at radius 3 is 2.95 bits per heavy atom. The van der Waals surface area contributed by atoms with Crippen molar-refractivity contribution >= 4 is 11.6 Å². The van der Waals surface area contributed by atoms with Crippen LogP contribution in [0, 0.1) is 11.3 Å². The van der Waals surface area contributed by atoms with Crippen LogP contribution in [0.25, 0.3) is 0 Å². The zero-order valence-corrected chi connectivity index (χ0v) is 11.7. The Balaban J connectivity index is 2.08. The molecule has 0 fully saturated rings. The number of benzene rings is 1. The molecule has 2 rings (SSSR count). The fraction of sp³-hybridized carbons (Fsp3) is 0.500. The number of likely N-dealkylation sites (N-methyl/N-ethyl adjacent to an activating group) is 1. The number of rotatable bonds is 4. The van der Waals surface area contributed by atoms with Crippen LogP contribution in [-0.2, 0) is 6.42 Å². The summed E-state index contributed by atoms with van der Waals surface area (Å²) in [5.74, 6) is 1.37. The van der Waals surface area contributed by atoms with E-state index in [1.165, 1.54) is 0 Å². The van der Waals surface area contributed by atoms with Crippen LogP contribution in [0.5, 0.6) is 11.5 Å². The van der Waals surface area contributed by atoms with E-state index in [4.69, 9.17) is 26.3 Å². The Bertz CT molecular complexity index is 485. The van der Waals surface area contributed by atoms with Gasteiger partial charge in [0.2, 0.25) is 0 Å². The molecule has 1 aliphatic rings. The molecule has 0 atom stereocenters. The normalized spacial score (nSPS) is 14.0. The number of ether oxygens (including phenoxy) is 2. The molecular weight excluding hydrogens is 264 g/mol. The molecular formula is C14H17ClN2O2. The molecule has 19 heavy (non-hydrogen) atoms. The van der Waals surface area contributed by atoms with Gasteiger partial charge in [0, 0.05) is 13.0 Å². The van der Waals surface area contributed by atoms with Crippen LogP contribution < -0.4 is 9.47 Å². The van der Waals surface area contributed by atoms with Crippen molar-refractivity contribution in [2.45, 2.75) is 12.8 Å². The average molecular weight is 281 g/mol. The van der Waals surface area contributed by atoms with E-state index in [1.807, 2.05) is 24.1 Å². The quantitative estimate of drug-likeness (QED) is 0.795. The molecule has 1 aliphatic heterocycles. The van der Waals surface area contributed by atoms with E-state index in [0.717, 1.165) is 30.7 Å². The minimum absolute atomic E-state index is 0.429. The highest BCUT2D eigenvalue weighted by atomic mass is 35.5. The van der Waals surface area contributed by atoms with E-state index in [1.54, 1.807) is 0 Å². The second-order valence-corrected chi connectivity index (χ2v) is 5.01. The van der Waals surface area contributed by atoms with Gasteiger partial charge in [0.25, 0.3) is 0 Å². The van der Waals surface area contributed by atoms with Crippen LogP contribution in [-0.4, -0.2) is 38.3 Å². The van der Waals surface area contributed by atoms with Crippen LogP contribution in [0.4, 0.5) is 0 Å². The fourth-order valence-electron chi connectivity index (χ4n) is 1.95. The largest absolute Gasteiger partial charge is 0.489 e. The number of hydrogen-bond acceptors (Lipinski definition) is 4. The summed E-state index contributed by atoms with van der Waals surface area (Å²) in [6.07, 6.45) is 1.69. The van der Waals surface area contributed by atoms with Crippen molar-refractivity contribution in [1.82, 2.24) is 4.90 Å². The van der Waals surface area contributed by atoms with Crippen molar-refractivity contribution in [2.75, 3.05) is 33.4 Å². The molecule has 102 valence electrons. The molecule has 0 aliphatic carbocycles. The summed E-state index contributed by atoms with van der Waals surface area (Å²) in [6.45, 7) is 2.53. The number of nitrogens with zero attached hydrogens (tertiary/aromatic N) is 2. The predicted molar refractivity (Wildman–Crippen MR) is 73.9 cm³/mol. The lowest BCUT2D eigenvalue weighted by atomic mass is 10.1. The summed E-state index contributed by atoms with van der Waals surface area (Å²) in [5.41, 5.74) is 1.10. The highest BCUT2D eigenvalue weighted by molar-refractivity contribution is 6.32. The number of fused-ring (bicyclic) bond motifs is 1. The van der Waals surface area contributed by atoms with E-state index in [0.29, 0.717) is 30.5 Å². The fourth-order valence-corrected chi connectivity index (χ4v) is 2.24. The Morgan fingerprint density at radius 1 is 1.37 bits per heavy atom. The lowest BCUT2D eigenvalue weighted by Crippen LogP contribution is -2.21. The maximum atomic E-state index is 8.62. The molecule has 1 aromatic carbocycles. The first-order chi connectivity index (χ1) is 9.20. The van der Waals surface area contributed by atoms with Gasteiger partial charge in [-0.05, 0) is 31.2 Å². The maximum Gasteiger partial charge on any atom is 0.179 e. The molecule has 0 N–H and O–H groups in total. The smallest absolute Gasteiger partial charge is 0.179 e. The molecule has 0 spiro atoms. The van der Waals surface area contributed by atoms with Crippen LogP contribution in [0.1, 0.15) is 12.0 Å². The van der Waals surface area contributed by atoms with E-state index in [-0.39, 0.29) is 0 Å². The van der Waals surface area contributed by atoms with E-state index < -0.39 is 0 Å². The lowest BCUT2D eigenvalue weighted by Gasteiger charge is -2.14. The van der Waals surface area contributed by atoms with Gasteiger partial charge in [0.1, 0.15) is 0 Å². The molecule has 5 heteroatoms. The number of nitriles is 1. The zero-order valence-electron chi connectivity index (χ0n) is 11.0. The van der Waals surface area contributed by atoms with Gasteiger partial charge in [-0.3, -0.25) is 4.90 Å². The minimum atomic E-state index is 0.429. The van der Waals surface area contributed by atoms with Crippen molar-refractivity contribution in [2.24, 2.45) is 0 Å². The molecule has 0 saturated heterocycles. The molecule has 0 amide bonds. The Morgan fingerprint density at radius 2 is 2.16 bits per heavy atom. The highest BCUT2D eigenvalue weighted by Gasteiger charge is 2.15. The number of hydrogen-bond donors (Lipinski definition) is 0. The summed E-state index contributed by atoms with van der Waals surface area (Å²) >= 11 is 6.23. The summed E-state index contributed by atoms with van der Waals surface area (Å²) in [4.78, 5) is 1.97. The van der Waals surface area contributed by atoms with Crippen molar-refractivity contribution in [1.29, 1.82) is 5.26 Å². The van der Waals surface area contributed by atoms with Gasteiger partial charge in [0.15, 0.2) is 11.5 Å². The lowest BCUT2D eigenvalue weighted by molar-refractivity contribution is 0.297. The Hall–Kier alpha value is -1.44. The van der Waals surface area contributed by atoms with Crippen molar-refractivity contribution in [3.05, 3.63) is 22.7 Å². The van der Waals surface area contributed by atoms with E-state index >= 15 is 0 Å². The summed E-state index contributed by atoms with van der Waals surface area (Å²) in [6, 6.07) is 6.02. The van der Waals surface area contributed by atoms with Gasteiger partial charge in [-0.2, -0.15) is 5.26 Å². The average Bonchev–Trinajstić information content (AvgIpc) is 2.62. The molecule has 1 heterocycles.